The maximum absolute atomic E-state index is 11.8. The first-order valence-corrected chi connectivity index (χ1v) is 9.22. The number of hydrogen-bond donors (Lipinski definition) is 2. The molecule has 20 heavy (non-hydrogen) atoms. The van der Waals surface area contributed by atoms with E-state index in [0.29, 0.717) is 6.54 Å². The molecule has 0 aromatic rings. The molecule has 6 heteroatoms. The fourth-order valence-corrected chi connectivity index (χ4v) is 4.13. The van der Waals surface area contributed by atoms with Gasteiger partial charge in [0.2, 0.25) is 5.91 Å². The Labute approximate surface area is 122 Å². The molecule has 1 aliphatic rings. The first kappa shape index (κ1) is 17.4. The fourth-order valence-electron chi connectivity index (χ4n) is 2.45. The van der Waals surface area contributed by atoms with Crippen LogP contribution in [-0.2, 0) is 14.6 Å². The average Bonchev–Trinajstić information content (AvgIpc) is 2.33. The molecule has 0 aromatic heterocycles. The lowest BCUT2D eigenvalue weighted by molar-refractivity contribution is -0.121. The number of nitrogens with one attached hydrogen (secondary N) is 2. The molecule has 0 saturated carbocycles. The molecule has 0 atom stereocenters. The Morgan fingerprint density at radius 1 is 1.30 bits per heavy atom. The summed E-state index contributed by atoms with van der Waals surface area (Å²) in [6.45, 7) is 8.51. The van der Waals surface area contributed by atoms with Crippen LogP contribution >= 0.6 is 0 Å². The summed E-state index contributed by atoms with van der Waals surface area (Å²) in [6.07, 6.45) is 2.15. The predicted molar refractivity (Wildman–Crippen MR) is 81.3 cm³/mol. The van der Waals surface area contributed by atoms with Crippen molar-refractivity contribution in [2.75, 3.05) is 31.1 Å². The van der Waals surface area contributed by atoms with E-state index in [0.717, 1.165) is 25.9 Å². The van der Waals surface area contributed by atoms with Crippen LogP contribution in [0, 0.1) is 11.3 Å². The van der Waals surface area contributed by atoms with Crippen molar-refractivity contribution in [3.05, 3.63) is 0 Å². The van der Waals surface area contributed by atoms with Gasteiger partial charge in [-0.05, 0) is 37.3 Å². The zero-order chi connectivity index (χ0) is 15.2. The van der Waals surface area contributed by atoms with Crippen LogP contribution in [0.15, 0.2) is 0 Å². The zero-order valence-corrected chi connectivity index (χ0v) is 13.7. The lowest BCUT2D eigenvalue weighted by atomic mass is 9.81. The second-order valence-electron chi connectivity index (χ2n) is 6.60. The molecule has 118 valence electrons. The first-order valence-electron chi connectivity index (χ1n) is 7.40. The van der Waals surface area contributed by atoms with Crippen LogP contribution in [0.2, 0.25) is 0 Å². The molecule has 2 N–H and O–H groups in total. The Hall–Kier alpha value is -0.620. The molecule has 1 fully saturated rings. The Bertz CT molecular complexity index is 412. The highest BCUT2D eigenvalue weighted by Gasteiger charge is 2.27. The van der Waals surface area contributed by atoms with E-state index in [2.05, 4.69) is 17.6 Å². The topological polar surface area (TPSA) is 75.3 Å². The summed E-state index contributed by atoms with van der Waals surface area (Å²) in [5.74, 6) is 0.0627. The molecule has 1 aliphatic heterocycles. The molecule has 1 saturated heterocycles. The van der Waals surface area contributed by atoms with Crippen LogP contribution < -0.4 is 10.6 Å². The Morgan fingerprint density at radius 2 is 1.90 bits per heavy atom. The molecule has 0 aliphatic carbocycles. The van der Waals surface area contributed by atoms with Crippen molar-refractivity contribution < 1.29 is 13.2 Å². The van der Waals surface area contributed by atoms with Gasteiger partial charge in [0.1, 0.15) is 0 Å². The predicted octanol–water partition coefficient (Wildman–Crippen LogP) is 0.953. The van der Waals surface area contributed by atoms with Crippen LogP contribution in [0.25, 0.3) is 0 Å². The van der Waals surface area contributed by atoms with Crippen molar-refractivity contribution in [3.8, 4) is 0 Å². The van der Waals surface area contributed by atoms with Gasteiger partial charge in [-0.3, -0.25) is 4.79 Å². The minimum atomic E-state index is -3.11. The standard InChI is InChI=1S/C14H28N2O3S/c1-12(2)10-20(18,19)9-4-13(17)16-11-14(3)5-7-15-8-6-14/h12,15H,4-11H2,1-3H3,(H,16,17). The molecule has 0 bridgehead atoms. The number of carbonyl (C=O) groups is 1. The van der Waals surface area contributed by atoms with Crippen molar-refractivity contribution in [2.45, 2.75) is 40.0 Å². The van der Waals surface area contributed by atoms with Crippen LogP contribution in [0.4, 0.5) is 0 Å². The van der Waals surface area contributed by atoms with Gasteiger partial charge in [-0.25, -0.2) is 8.42 Å². The normalized spacial score (nSPS) is 19.0. The second kappa shape index (κ2) is 7.41. The van der Waals surface area contributed by atoms with Crippen molar-refractivity contribution in [1.82, 2.24) is 10.6 Å². The number of rotatable bonds is 7. The quantitative estimate of drug-likeness (QED) is 0.734. The largest absolute Gasteiger partial charge is 0.356 e. The van der Waals surface area contributed by atoms with Crippen molar-refractivity contribution in [1.29, 1.82) is 0 Å². The lowest BCUT2D eigenvalue weighted by Gasteiger charge is -2.34. The van der Waals surface area contributed by atoms with E-state index in [9.17, 15) is 13.2 Å². The molecule has 0 unspecified atom stereocenters. The smallest absolute Gasteiger partial charge is 0.221 e. The number of hydrogen-bond acceptors (Lipinski definition) is 4. The summed E-state index contributed by atoms with van der Waals surface area (Å²) in [4.78, 5) is 11.8. The van der Waals surface area contributed by atoms with Crippen LogP contribution in [0.5, 0.6) is 0 Å². The molecule has 1 amide bonds. The van der Waals surface area contributed by atoms with Crippen molar-refractivity contribution in [3.63, 3.8) is 0 Å². The maximum Gasteiger partial charge on any atom is 0.221 e. The molecule has 0 aromatic carbocycles. The Morgan fingerprint density at radius 3 is 2.45 bits per heavy atom. The van der Waals surface area contributed by atoms with Gasteiger partial charge in [0.05, 0.1) is 11.5 Å². The van der Waals surface area contributed by atoms with Gasteiger partial charge in [0.25, 0.3) is 0 Å². The van der Waals surface area contributed by atoms with Gasteiger partial charge in [-0.1, -0.05) is 20.8 Å². The fraction of sp³-hybridized carbons (Fsp3) is 0.929. The van der Waals surface area contributed by atoms with E-state index >= 15 is 0 Å². The van der Waals surface area contributed by atoms with Gasteiger partial charge in [-0.2, -0.15) is 0 Å². The number of sulfone groups is 1. The first-order chi connectivity index (χ1) is 9.22. The van der Waals surface area contributed by atoms with E-state index < -0.39 is 9.84 Å². The number of carbonyl (C=O) groups excluding carboxylic acids is 1. The van der Waals surface area contributed by atoms with E-state index in [1.54, 1.807) is 0 Å². The summed E-state index contributed by atoms with van der Waals surface area (Å²) in [5, 5.41) is 6.19. The minimum absolute atomic E-state index is 0.0463. The van der Waals surface area contributed by atoms with Crippen molar-refractivity contribution >= 4 is 15.7 Å². The molecular weight excluding hydrogens is 276 g/mol. The van der Waals surface area contributed by atoms with Gasteiger partial charge >= 0.3 is 0 Å². The van der Waals surface area contributed by atoms with Crippen LogP contribution in [-0.4, -0.2) is 45.5 Å². The summed E-state index contributed by atoms with van der Waals surface area (Å²) in [5.41, 5.74) is 0.137. The summed E-state index contributed by atoms with van der Waals surface area (Å²) in [7, 11) is -3.11. The highest BCUT2D eigenvalue weighted by atomic mass is 32.2. The third-order valence-electron chi connectivity index (χ3n) is 3.75. The van der Waals surface area contributed by atoms with Gasteiger partial charge in [0.15, 0.2) is 9.84 Å². The van der Waals surface area contributed by atoms with Gasteiger partial charge in [-0.15, -0.1) is 0 Å². The van der Waals surface area contributed by atoms with Crippen molar-refractivity contribution in [2.24, 2.45) is 11.3 Å². The molecule has 5 nitrogen and oxygen atoms in total. The molecular formula is C14H28N2O3S. The Balaban J connectivity index is 2.30. The van der Waals surface area contributed by atoms with E-state index in [-0.39, 0.29) is 35.2 Å². The molecule has 0 radical (unpaired) electrons. The van der Waals surface area contributed by atoms with Crippen LogP contribution in [0.3, 0.4) is 0 Å². The molecule has 0 spiro atoms. The Kier molecular flexibility index (Phi) is 6.45. The molecule has 1 heterocycles. The summed E-state index contributed by atoms with van der Waals surface area (Å²) >= 11 is 0. The maximum atomic E-state index is 11.8. The second-order valence-corrected chi connectivity index (χ2v) is 8.82. The van der Waals surface area contributed by atoms with Crippen LogP contribution in [0.1, 0.15) is 40.0 Å². The summed E-state index contributed by atoms with van der Waals surface area (Å²) in [6, 6.07) is 0. The van der Waals surface area contributed by atoms with E-state index in [4.69, 9.17) is 0 Å². The number of piperidine rings is 1. The monoisotopic (exact) mass is 304 g/mol. The van der Waals surface area contributed by atoms with E-state index in [1.807, 2.05) is 13.8 Å². The third-order valence-corrected chi connectivity index (χ3v) is 5.75. The highest BCUT2D eigenvalue weighted by Crippen LogP contribution is 2.26. The van der Waals surface area contributed by atoms with Gasteiger partial charge in [0, 0.05) is 13.0 Å². The number of amides is 1. The SMILES string of the molecule is CC(C)CS(=O)(=O)CCC(=O)NCC1(C)CCNCC1. The highest BCUT2D eigenvalue weighted by molar-refractivity contribution is 7.91. The average molecular weight is 304 g/mol. The summed E-state index contributed by atoms with van der Waals surface area (Å²) < 4.78 is 23.5. The lowest BCUT2D eigenvalue weighted by Crippen LogP contribution is -2.43. The minimum Gasteiger partial charge on any atom is -0.356 e. The van der Waals surface area contributed by atoms with E-state index in [1.165, 1.54) is 0 Å². The van der Waals surface area contributed by atoms with Gasteiger partial charge < -0.3 is 10.6 Å². The molecule has 1 rings (SSSR count). The third kappa shape index (κ3) is 6.70. The zero-order valence-electron chi connectivity index (χ0n) is 12.9.